The Morgan fingerprint density at radius 2 is 1.75 bits per heavy atom. The molecule has 0 aliphatic heterocycles. The third-order valence-electron chi connectivity index (χ3n) is 2.39. The highest BCUT2D eigenvalue weighted by Gasteiger charge is 2.12. The van der Waals surface area contributed by atoms with E-state index in [1.54, 1.807) is 0 Å². The monoisotopic (exact) mass is 222 g/mol. The van der Waals surface area contributed by atoms with Crippen molar-refractivity contribution in [3.8, 4) is 0 Å². The summed E-state index contributed by atoms with van der Waals surface area (Å²) in [5.74, 6) is 0.467. The normalized spacial score (nSPS) is 10.8. The van der Waals surface area contributed by atoms with E-state index in [-0.39, 0.29) is 6.42 Å². The van der Waals surface area contributed by atoms with Crippen molar-refractivity contribution in [2.24, 2.45) is 5.92 Å². The summed E-state index contributed by atoms with van der Waals surface area (Å²) in [6.45, 7) is 7.91. The van der Waals surface area contributed by atoms with Gasteiger partial charge in [0.2, 0.25) is 0 Å². The van der Waals surface area contributed by atoms with E-state index in [9.17, 15) is 4.79 Å². The minimum atomic E-state index is -0.841. The fourth-order valence-corrected chi connectivity index (χ4v) is 1.67. The Kier molecular flexibility index (Phi) is 3.99. The Hall–Kier alpha value is -1.45. The average Bonchev–Trinajstić information content (AvgIpc) is 2.10. The Morgan fingerprint density at radius 1 is 1.25 bits per heavy atom. The first-order valence-corrected chi connectivity index (χ1v) is 5.45. The van der Waals surface area contributed by atoms with Gasteiger partial charge in [-0.1, -0.05) is 13.8 Å². The van der Waals surface area contributed by atoms with Crippen LogP contribution >= 0.6 is 0 Å². The number of nitrogens with zero attached hydrogens (tertiary/aromatic N) is 2. The standard InChI is InChI=1S/C12H18N2O2/c1-7(2)5-11-13-8(3)10(6-12(15)16)9(4)14-11/h7H,5-6H2,1-4H3,(H,15,16). The third-order valence-corrected chi connectivity index (χ3v) is 2.39. The van der Waals surface area contributed by atoms with Gasteiger partial charge in [-0.25, -0.2) is 9.97 Å². The van der Waals surface area contributed by atoms with Crippen LogP contribution in [0.25, 0.3) is 0 Å². The summed E-state index contributed by atoms with van der Waals surface area (Å²) in [6.07, 6.45) is 0.828. The smallest absolute Gasteiger partial charge is 0.307 e. The summed E-state index contributed by atoms with van der Waals surface area (Å²) in [6, 6.07) is 0. The molecule has 0 unspecified atom stereocenters. The van der Waals surface area contributed by atoms with Gasteiger partial charge in [-0.2, -0.15) is 0 Å². The van der Waals surface area contributed by atoms with E-state index in [2.05, 4.69) is 23.8 Å². The molecular formula is C12H18N2O2. The summed E-state index contributed by atoms with van der Waals surface area (Å²) >= 11 is 0. The van der Waals surface area contributed by atoms with Crippen molar-refractivity contribution < 1.29 is 9.90 Å². The predicted octanol–water partition coefficient (Wildman–Crippen LogP) is 1.92. The van der Waals surface area contributed by atoms with Gasteiger partial charge >= 0.3 is 5.97 Å². The minimum Gasteiger partial charge on any atom is -0.481 e. The summed E-state index contributed by atoms with van der Waals surface area (Å²) in [5.41, 5.74) is 2.30. The summed E-state index contributed by atoms with van der Waals surface area (Å²) in [5, 5.41) is 8.77. The highest BCUT2D eigenvalue weighted by Crippen LogP contribution is 2.13. The van der Waals surface area contributed by atoms with Gasteiger partial charge in [-0.15, -0.1) is 0 Å². The maximum Gasteiger partial charge on any atom is 0.307 e. The number of rotatable bonds is 4. The molecular weight excluding hydrogens is 204 g/mol. The molecule has 1 aromatic heterocycles. The molecule has 0 saturated carbocycles. The molecule has 1 heterocycles. The molecule has 0 spiro atoms. The Balaban J connectivity index is 3.02. The molecule has 4 nitrogen and oxygen atoms in total. The zero-order chi connectivity index (χ0) is 12.3. The highest BCUT2D eigenvalue weighted by molar-refractivity contribution is 5.70. The molecule has 1 rings (SSSR count). The van der Waals surface area contributed by atoms with Crippen LogP contribution in [-0.4, -0.2) is 21.0 Å². The van der Waals surface area contributed by atoms with E-state index in [0.717, 1.165) is 29.2 Å². The van der Waals surface area contributed by atoms with Crippen molar-refractivity contribution >= 4 is 5.97 Å². The van der Waals surface area contributed by atoms with Crippen molar-refractivity contribution in [1.29, 1.82) is 0 Å². The van der Waals surface area contributed by atoms with Gasteiger partial charge in [0.15, 0.2) is 0 Å². The first kappa shape index (κ1) is 12.6. The molecule has 0 aliphatic rings. The molecule has 16 heavy (non-hydrogen) atoms. The number of aryl methyl sites for hydroxylation is 2. The van der Waals surface area contributed by atoms with Gasteiger partial charge in [0, 0.05) is 23.4 Å². The quantitative estimate of drug-likeness (QED) is 0.845. The molecule has 0 saturated heterocycles. The van der Waals surface area contributed by atoms with Crippen molar-refractivity contribution in [2.45, 2.75) is 40.5 Å². The number of carboxylic acid groups (broad SMARTS) is 1. The summed E-state index contributed by atoms with van der Waals surface area (Å²) in [7, 11) is 0. The zero-order valence-electron chi connectivity index (χ0n) is 10.2. The van der Waals surface area contributed by atoms with Gasteiger partial charge in [0.25, 0.3) is 0 Å². The molecule has 1 N–H and O–H groups in total. The lowest BCUT2D eigenvalue weighted by Crippen LogP contribution is -2.11. The van der Waals surface area contributed by atoms with Crippen LogP contribution in [0.3, 0.4) is 0 Å². The lowest BCUT2D eigenvalue weighted by Gasteiger charge is -2.10. The van der Waals surface area contributed by atoms with Crippen LogP contribution in [0, 0.1) is 19.8 Å². The number of hydrogen-bond acceptors (Lipinski definition) is 3. The van der Waals surface area contributed by atoms with Crippen LogP contribution in [0.15, 0.2) is 0 Å². The lowest BCUT2D eigenvalue weighted by molar-refractivity contribution is -0.136. The minimum absolute atomic E-state index is 0.000372. The number of aliphatic carboxylic acids is 1. The van der Waals surface area contributed by atoms with Crippen molar-refractivity contribution in [3.63, 3.8) is 0 Å². The second-order valence-electron chi connectivity index (χ2n) is 4.46. The van der Waals surface area contributed by atoms with Gasteiger partial charge < -0.3 is 5.11 Å². The SMILES string of the molecule is Cc1nc(CC(C)C)nc(C)c1CC(=O)O. The van der Waals surface area contributed by atoms with Crippen LogP contribution in [0.2, 0.25) is 0 Å². The van der Waals surface area contributed by atoms with Gasteiger partial charge in [-0.05, 0) is 19.8 Å². The van der Waals surface area contributed by atoms with Crippen molar-refractivity contribution in [3.05, 3.63) is 22.8 Å². The maximum atomic E-state index is 10.7. The van der Waals surface area contributed by atoms with Gasteiger partial charge in [-0.3, -0.25) is 4.79 Å². The molecule has 88 valence electrons. The molecule has 0 aromatic carbocycles. The van der Waals surface area contributed by atoms with Crippen molar-refractivity contribution in [2.75, 3.05) is 0 Å². The maximum absolute atomic E-state index is 10.7. The van der Waals surface area contributed by atoms with E-state index in [1.807, 2.05) is 13.8 Å². The third kappa shape index (κ3) is 3.29. The summed E-state index contributed by atoms with van der Waals surface area (Å²) < 4.78 is 0. The second-order valence-corrected chi connectivity index (χ2v) is 4.46. The van der Waals surface area contributed by atoms with E-state index in [0.29, 0.717) is 5.92 Å². The van der Waals surface area contributed by atoms with E-state index >= 15 is 0 Å². The lowest BCUT2D eigenvalue weighted by atomic mass is 10.1. The molecule has 4 heteroatoms. The van der Waals surface area contributed by atoms with Crippen LogP contribution in [0.4, 0.5) is 0 Å². The number of hydrogen-bond donors (Lipinski definition) is 1. The molecule has 0 atom stereocenters. The van der Waals surface area contributed by atoms with E-state index in [1.165, 1.54) is 0 Å². The van der Waals surface area contributed by atoms with E-state index in [4.69, 9.17) is 5.11 Å². The number of aromatic nitrogens is 2. The Morgan fingerprint density at radius 3 is 2.12 bits per heavy atom. The number of carboxylic acids is 1. The topological polar surface area (TPSA) is 63.1 Å². The van der Waals surface area contributed by atoms with Crippen LogP contribution < -0.4 is 0 Å². The number of carbonyl (C=O) groups is 1. The second kappa shape index (κ2) is 5.05. The largest absolute Gasteiger partial charge is 0.481 e. The summed E-state index contributed by atoms with van der Waals surface area (Å²) in [4.78, 5) is 19.4. The van der Waals surface area contributed by atoms with Crippen LogP contribution in [-0.2, 0) is 17.6 Å². The predicted molar refractivity (Wildman–Crippen MR) is 61.4 cm³/mol. The van der Waals surface area contributed by atoms with Gasteiger partial charge in [0.1, 0.15) is 5.82 Å². The molecule has 0 fully saturated rings. The van der Waals surface area contributed by atoms with Crippen molar-refractivity contribution in [1.82, 2.24) is 9.97 Å². The Labute approximate surface area is 95.7 Å². The molecule has 0 aliphatic carbocycles. The first-order valence-electron chi connectivity index (χ1n) is 5.45. The zero-order valence-corrected chi connectivity index (χ0v) is 10.2. The molecule has 0 amide bonds. The van der Waals surface area contributed by atoms with E-state index < -0.39 is 5.97 Å². The molecule has 0 bridgehead atoms. The Bertz CT molecular complexity index is 377. The highest BCUT2D eigenvalue weighted by atomic mass is 16.4. The van der Waals surface area contributed by atoms with Crippen LogP contribution in [0.5, 0.6) is 0 Å². The first-order chi connectivity index (χ1) is 7.40. The van der Waals surface area contributed by atoms with Crippen LogP contribution in [0.1, 0.15) is 36.6 Å². The fourth-order valence-electron chi connectivity index (χ4n) is 1.67. The molecule has 0 radical (unpaired) electrons. The fraction of sp³-hybridized carbons (Fsp3) is 0.583. The average molecular weight is 222 g/mol. The van der Waals surface area contributed by atoms with Gasteiger partial charge in [0.05, 0.1) is 6.42 Å². The molecule has 1 aromatic rings.